The molecule has 3 N–H and O–H groups in total. The van der Waals surface area contributed by atoms with Crippen molar-refractivity contribution in [2.75, 3.05) is 26.8 Å². The minimum Gasteiger partial charge on any atom is -0.497 e. The molecule has 0 atom stereocenters. The van der Waals surface area contributed by atoms with Gasteiger partial charge in [0.2, 0.25) is 5.91 Å². The molecule has 0 bridgehead atoms. The Morgan fingerprint density at radius 1 is 1.28 bits per heavy atom. The molecule has 0 saturated carbocycles. The molecule has 0 fully saturated rings. The first-order chi connectivity index (χ1) is 8.76. The van der Waals surface area contributed by atoms with E-state index in [9.17, 15) is 4.79 Å². The predicted octanol–water partition coefficient (Wildman–Crippen LogP) is 0.929. The van der Waals surface area contributed by atoms with E-state index in [0.29, 0.717) is 26.1 Å². The van der Waals surface area contributed by atoms with Crippen molar-refractivity contribution in [1.29, 1.82) is 0 Å². The van der Waals surface area contributed by atoms with Crippen LogP contribution in [-0.4, -0.2) is 32.7 Å². The fourth-order valence-corrected chi connectivity index (χ4v) is 1.38. The van der Waals surface area contributed by atoms with Gasteiger partial charge in [-0.25, -0.2) is 0 Å². The van der Waals surface area contributed by atoms with Gasteiger partial charge in [-0.2, -0.15) is 0 Å². The molecule has 0 saturated heterocycles. The van der Waals surface area contributed by atoms with E-state index in [-0.39, 0.29) is 5.91 Å². The van der Waals surface area contributed by atoms with Gasteiger partial charge in [0.25, 0.3) is 0 Å². The average molecular weight is 252 g/mol. The highest BCUT2D eigenvalue weighted by Gasteiger charge is 1.98. The third-order valence-electron chi connectivity index (χ3n) is 2.34. The van der Waals surface area contributed by atoms with Gasteiger partial charge in [-0.15, -0.1) is 0 Å². The van der Waals surface area contributed by atoms with Crippen molar-refractivity contribution in [3.8, 4) is 11.5 Å². The van der Waals surface area contributed by atoms with Crippen LogP contribution in [0.4, 0.5) is 0 Å². The van der Waals surface area contributed by atoms with E-state index in [1.807, 2.05) is 24.3 Å². The van der Waals surface area contributed by atoms with Crippen molar-refractivity contribution in [2.24, 2.45) is 5.73 Å². The summed E-state index contributed by atoms with van der Waals surface area (Å²) in [6.07, 6.45) is 1.14. The topological polar surface area (TPSA) is 73.6 Å². The summed E-state index contributed by atoms with van der Waals surface area (Å²) >= 11 is 0. The third-order valence-corrected chi connectivity index (χ3v) is 2.34. The van der Waals surface area contributed by atoms with Gasteiger partial charge in [-0.3, -0.25) is 4.79 Å². The lowest BCUT2D eigenvalue weighted by molar-refractivity contribution is -0.120. The van der Waals surface area contributed by atoms with Crippen molar-refractivity contribution in [1.82, 2.24) is 5.32 Å². The molecular weight excluding hydrogens is 232 g/mol. The van der Waals surface area contributed by atoms with Gasteiger partial charge in [0, 0.05) is 19.5 Å². The lowest BCUT2D eigenvalue weighted by atomic mass is 10.3. The molecule has 1 aromatic rings. The quantitative estimate of drug-likeness (QED) is 0.675. The molecule has 0 aliphatic rings. The van der Waals surface area contributed by atoms with Gasteiger partial charge in [-0.1, -0.05) is 0 Å². The van der Waals surface area contributed by atoms with E-state index in [1.165, 1.54) is 0 Å². The highest BCUT2D eigenvalue weighted by Crippen LogP contribution is 2.16. The monoisotopic (exact) mass is 252 g/mol. The zero-order valence-corrected chi connectivity index (χ0v) is 10.6. The number of nitrogens with two attached hydrogens (primary N) is 1. The van der Waals surface area contributed by atoms with E-state index >= 15 is 0 Å². The molecule has 0 spiro atoms. The number of hydrogen-bond acceptors (Lipinski definition) is 4. The largest absolute Gasteiger partial charge is 0.497 e. The van der Waals surface area contributed by atoms with Gasteiger partial charge in [0.1, 0.15) is 11.5 Å². The maximum Gasteiger partial charge on any atom is 0.221 e. The van der Waals surface area contributed by atoms with Gasteiger partial charge >= 0.3 is 0 Å². The number of carbonyl (C=O) groups is 1. The van der Waals surface area contributed by atoms with Gasteiger partial charge in [0.05, 0.1) is 13.7 Å². The first-order valence-electron chi connectivity index (χ1n) is 6.00. The first-order valence-corrected chi connectivity index (χ1v) is 6.00. The molecule has 0 heterocycles. The number of rotatable bonds is 8. The van der Waals surface area contributed by atoms with E-state index < -0.39 is 0 Å². The number of ether oxygens (including phenoxy) is 2. The fourth-order valence-electron chi connectivity index (χ4n) is 1.38. The highest BCUT2D eigenvalue weighted by atomic mass is 16.5. The molecule has 1 amide bonds. The Hall–Kier alpha value is -1.75. The zero-order valence-electron chi connectivity index (χ0n) is 10.6. The molecule has 1 aromatic carbocycles. The standard InChI is InChI=1S/C13H20N2O3/c1-17-11-3-5-12(6-4-11)18-10-2-9-15-13(16)7-8-14/h3-6H,2,7-10,14H2,1H3,(H,15,16). The van der Waals surface area contributed by atoms with Crippen molar-refractivity contribution in [3.63, 3.8) is 0 Å². The highest BCUT2D eigenvalue weighted by molar-refractivity contribution is 5.75. The van der Waals surface area contributed by atoms with Crippen LogP contribution in [-0.2, 0) is 4.79 Å². The summed E-state index contributed by atoms with van der Waals surface area (Å²) in [4.78, 5) is 11.1. The lowest BCUT2D eigenvalue weighted by Gasteiger charge is -2.07. The minimum atomic E-state index is -0.0121. The number of carbonyl (C=O) groups excluding carboxylic acids is 1. The maximum absolute atomic E-state index is 11.1. The number of nitrogens with one attached hydrogen (secondary N) is 1. The second kappa shape index (κ2) is 8.36. The number of hydrogen-bond donors (Lipinski definition) is 2. The molecule has 0 aliphatic heterocycles. The Labute approximate surface area is 107 Å². The van der Waals surface area contributed by atoms with Crippen molar-refractivity contribution >= 4 is 5.91 Å². The third kappa shape index (κ3) is 5.54. The van der Waals surface area contributed by atoms with E-state index in [2.05, 4.69) is 5.32 Å². The van der Waals surface area contributed by atoms with Gasteiger partial charge < -0.3 is 20.5 Å². The van der Waals surface area contributed by atoms with Gasteiger partial charge in [-0.05, 0) is 30.7 Å². The molecule has 0 aliphatic carbocycles. The number of amides is 1. The van der Waals surface area contributed by atoms with Crippen LogP contribution in [0.25, 0.3) is 0 Å². The lowest BCUT2D eigenvalue weighted by Crippen LogP contribution is -2.27. The Balaban J connectivity index is 2.12. The van der Waals surface area contributed by atoms with Crippen LogP contribution in [0, 0.1) is 0 Å². The van der Waals surface area contributed by atoms with Crippen molar-refractivity contribution in [2.45, 2.75) is 12.8 Å². The number of methoxy groups -OCH3 is 1. The van der Waals surface area contributed by atoms with E-state index in [4.69, 9.17) is 15.2 Å². The Morgan fingerprint density at radius 3 is 2.56 bits per heavy atom. The van der Waals surface area contributed by atoms with Crippen LogP contribution < -0.4 is 20.5 Å². The number of benzene rings is 1. The Kier molecular flexibility index (Phi) is 6.64. The maximum atomic E-state index is 11.1. The summed E-state index contributed by atoms with van der Waals surface area (Å²) in [6, 6.07) is 7.40. The molecule has 18 heavy (non-hydrogen) atoms. The normalized spacial score (nSPS) is 9.89. The van der Waals surface area contributed by atoms with Crippen LogP contribution >= 0.6 is 0 Å². The fraction of sp³-hybridized carbons (Fsp3) is 0.462. The Bertz CT molecular complexity index is 352. The molecule has 0 aromatic heterocycles. The molecule has 0 radical (unpaired) electrons. The summed E-state index contributed by atoms with van der Waals surface area (Å²) < 4.78 is 10.6. The van der Waals surface area contributed by atoms with Crippen LogP contribution in [0.15, 0.2) is 24.3 Å². The van der Waals surface area contributed by atoms with Crippen LogP contribution in [0.2, 0.25) is 0 Å². The molecule has 5 heteroatoms. The van der Waals surface area contributed by atoms with Crippen LogP contribution in [0.1, 0.15) is 12.8 Å². The summed E-state index contributed by atoms with van der Waals surface area (Å²) in [5.74, 6) is 1.59. The molecule has 5 nitrogen and oxygen atoms in total. The molecular formula is C13H20N2O3. The zero-order chi connectivity index (χ0) is 13.2. The van der Waals surface area contributed by atoms with Crippen LogP contribution in [0.3, 0.4) is 0 Å². The summed E-state index contributed by atoms with van der Waals surface area (Å²) in [7, 11) is 1.62. The average Bonchev–Trinajstić information content (AvgIpc) is 2.39. The SMILES string of the molecule is COc1ccc(OCCCNC(=O)CCN)cc1. The van der Waals surface area contributed by atoms with E-state index in [1.54, 1.807) is 7.11 Å². The second-order valence-corrected chi connectivity index (χ2v) is 3.77. The molecule has 100 valence electrons. The van der Waals surface area contributed by atoms with Gasteiger partial charge in [0.15, 0.2) is 0 Å². The molecule has 1 rings (SSSR count). The first kappa shape index (κ1) is 14.3. The van der Waals surface area contributed by atoms with E-state index in [0.717, 1.165) is 17.9 Å². The predicted molar refractivity (Wildman–Crippen MR) is 69.8 cm³/mol. The molecule has 0 unspecified atom stereocenters. The summed E-state index contributed by atoms with van der Waals surface area (Å²) in [5, 5.41) is 2.77. The minimum absolute atomic E-state index is 0.0121. The smallest absolute Gasteiger partial charge is 0.221 e. The summed E-state index contributed by atoms with van der Waals surface area (Å²) in [5.41, 5.74) is 5.26. The van der Waals surface area contributed by atoms with Crippen molar-refractivity contribution in [3.05, 3.63) is 24.3 Å². The van der Waals surface area contributed by atoms with Crippen molar-refractivity contribution < 1.29 is 14.3 Å². The summed E-state index contributed by atoms with van der Waals surface area (Å²) in [6.45, 7) is 1.55. The van der Waals surface area contributed by atoms with Crippen LogP contribution in [0.5, 0.6) is 11.5 Å². The second-order valence-electron chi connectivity index (χ2n) is 3.77. The Morgan fingerprint density at radius 2 is 1.94 bits per heavy atom.